The van der Waals surface area contributed by atoms with Crippen molar-refractivity contribution in [3.05, 3.63) is 23.2 Å². The average molecular weight is 196 g/mol. The van der Waals surface area contributed by atoms with Crippen molar-refractivity contribution < 1.29 is 13.9 Å². The van der Waals surface area contributed by atoms with E-state index in [1.165, 1.54) is 7.11 Å². The lowest BCUT2D eigenvalue weighted by Gasteiger charge is -1.98. The molecule has 3 heteroatoms. The Bertz CT molecular complexity index is 312. The van der Waals surface area contributed by atoms with Gasteiger partial charge in [-0.15, -0.1) is 0 Å². The van der Waals surface area contributed by atoms with E-state index in [1.54, 1.807) is 0 Å². The fourth-order valence-corrected chi connectivity index (χ4v) is 1.39. The number of ether oxygens (including phenoxy) is 1. The summed E-state index contributed by atoms with van der Waals surface area (Å²) in [5.41, 5.74) is 0.955. The first-order valence-electron chi connectivity index (χ1n) is 4.86. The van der Waals surface area contributed by atoms with E-state index in [9.17, 15) is 4.79 Å². The van der Waals surface area contributed by atoms with Gasteiger partial charge in [0.05, 0.1) is 7.11 Å². The minimum Gasteiger partial charge on any atom is -0.463 e. The molecular weight excluding hydrogens is 180 g/mol. The van der Waals surface area contributed by atoms with Crippen LogP contribution in [-0.2, 0) is 11.2 Å². The molecule has 0 spiro atoms. The largest absolute Gasteiger partial charge is 0.463 e. The standard InChI is InChI=1S/C11H16O3/c1-4-5-6-9-7-8(2)14-10(9)11(12)13-3/h7H,4-6H2,1-3H3. The van der Waals surface area contributed by atoms with Gasteiger partial charge in [-0.1, -0.05) is 13.3 Å². The molecule has 0 bridgehead atoms. The molecule has 1 rings (SSSR count). The van der Waals surface area contributed by atoms with Crippen LogP contribution in [0, 0.1) is 6.92 Å². The van der Waals surface area contributed by atoms with Crippen LogP contribution in [-0.4, -0.2) is 13.1 Å². The van der Waals surface area contributed by atoms with Gasteiger partial charge in [-0.3, -0.25) is 0 Å². The molecule has 0 aromatic carbocycles. The monoisotopic (exact) mass is 196 g/mol. The Kier molecular flexibility index (Phi) is 3.74. The van der Waals surface area contributed by atoms with E-state index in [-0.39, 0.29) is 5.97 Å². The highest BCUT2D eigenvalue weighted by molar-refractivity contribution is 5.88. The third-order valence-electron chi connectivity index (χ3n) is 2.10. The van der Waals surface area contributed by atoms with Crippen molar-refractivity contribution in [1.29, 1.82) is 0 Å². The number of furan rings is 1. The molecule has 3 nitrogen and oxygen atoms in total. The summed E-state index contributed by atoms with van der Waals surface area (Å²) in [6, 6.07) is 1.90. The summed E-state index contributed by atoms with van der Waals surface area (Å²) in [6.45, 7) is 3.95. The molecule has 0 atom stereocenters. The normalized spacial score (nSPS) is 10.2. The third-order valence-corrected chi connectivity index (χ3v) is 2.10. The van der Waals surface area contributed by atoms with E-state index in [1.807, 2.05) is 13.0 Å². The number of unbranched alkanes of at least 4 members (excludes halogenated alkanes) is 1. The first kappa shape index (κ1) is 10.8. The number of rotatable bonds is 4. The van der Waals surface area contributed by atoms with Gasteiger partial charge in [0, 0.05) is 5.56 Å². The Morgan fingerprint density at radius 2 is 2.29 bits per heavy atom. The average Bonchev–Trinajstić information content (AvgIpc) is 2.55. The van der Waals surface area contributed by atoms with E-state index in [0.717, 1.165) is 30.6 Å². The number of methoxy groups -OCH3 is 1. The van der Waals surface area contributed by atoms with E-state index in [2.05, 4.69) is 11.7 Å². The molecule has 1 heterocycles. The number of esters is 1. The van der Waals surface area contributed by atoms with Gasteiger partial charge in [0.25, 0.3) is 0 Å². The van der Waals surface area contributed by atoms with E-state index in [0.29, 0.717) is 5.76 Å². The predicted molar refractivity (Wildman–Crippen MR) is 53.4 cm³/mol. The second kappa shape index (κ2) is 4.84. The van der Waals surface area contributed by atoms with Crippen LogP contribution in [0.15, 0.2) is 10.5 Å². The summed E-state index contributed by atoms with van der Waals surface area (Å²) in [7, 11) is 1.36. The van der Waals surface area contributed by atoms with Gasteiger partial charge in [-0.2, -0.15) is 0 Å². The Labute approximate surface area is 84.1 Å². The highest BCUT2D eigenvalue weighted by Gasteiger charge is 2.16. The molecule has 1 aromatic rings. The lowest BCUT2D eigenvalue weighted by molar-refractivity contribution is 0.0562. The second-order valence-corrected chi connectivity index (χ2v) is 3.31. The Balaban J connectivity index is 2.85. The van der Waals surface area contributed by atoms with Crippen molar-refractivity contribution in [2.45, 2.75) is 33.1 Å². The van der Waals surface area contributed by atoms with Gasteiger partial charge < -0.3 is 9.15 Å². The maximum atomic E-state index is 11.3. The summed E-state index contributed by atoms with van der Waals surface area (Å²) in [5, 5.41) is 0. The topological polar surface area (TPSA) is 39.4 Å². The fraction of sp³-hybridized carbons (Fsp3) is 0.545. The molecule has 0 unspecified atom stereocenters. The van der Waals surface area contributed by atoms with Gasteiger partial charge >= 0.3 is 5.97 Å². The molecule has 0 radical (unpaired) electrons. The van der Waals surface area contributed by atoms with Gasteiger partial charge in [-0.25, -0.2) is 4.79 Å². The number of hydrogen-bond donors (Lipinski definition) is 0. The first-order chi connectivity index (χ1) is 6.69. The van der Waals surface area contributed by atoms with Gasteiger partial charge in [0.15, 0.2) is 0 Å². The van der Waals surface area contributed by atoms with Crippen molar-refractivity contribution in [2.75, 3.05) is 7.11 Å². The van der Waals surface area contributed by atoms with Crippen LogP contribution in [0.3, 0.4) is 0 Å². The minimum absolute atomic E-state index is 0.360. The van der Waals surface area contributed by atoms with Crippen molar-refractivity contribution in [3.8, 4) is 0 Å². The molecule has 0 amide bonds. The van der Waals surface area contributed by atoms with Crippen molar-refractivity contribution in [1.82, 2.24) is 0 Å². The van der Waals surface area contributed by atoms with Crippen molar-refractivity contribution in [3.63, 3.8) is 0 Å². The number of carbonyl (C=O) groups is 1. The highest BCUT2D eigenvalue weighted by atomic mass is 16.5. The molecule has 0 fully saturated rings. The zero-order valence-electron chi connectivity index (χ0n) is 8.92. The van der Waals surface area contributed by atoms with Gasteiger partial charge in [0.1, 0.15) is 5.76 Å². The summed E-state index contributed by atoms with van der Waals surface area (Å²) < 4.78 is 9.93. The van der Waals surface area contributed by atoms with Crippen LogP contribution in [0.4, 0.5) is 0 Å². The second-order valence-electron chi connectivity index (χ2n) is 3.31. The number of aryl methyl sites for hydroxylation is 2. The third kappa shape index (κ3) is 2.37. The number of hydrogen-bond acceptors (Lipinski definition) is 3. The summed E-state index contributed by atoms with van der Waals surface area (Å²) in [6.07, 6.45) is 3.03. The SMILES string of the molecule is CCCCc1cc(C)oc1C(=O)OC. The lowest BCUT2D eigenvalue weighted by Crippen LogP contribution is -2.02. The fourth-order valence-electron chi connectivity index (χ4n) is 1.39. The zero-order chi connectivity index (χ0) is 10.6. The molecule has 0 aliphatic heterocycles. The molecule has 1 aromatic heterocycles. The zero-order valence-corrected chi connectivity index (χ0v) is 8.92. The molecule has 0 aliphatic rings. The number of carbonyl (C=O) groups excluding carboxylic acids is 1. The van der Waals surface area contributed by atoms with E-state index in [4.69, 9.17) is 4.42 Å². The maximum absolute atomic E-state index is 11.3. The smallest absolute Gasteiger partial charge is 0.374 e. The highest BCUT2D eigenvalue weighted by Crippen LogP contribution is 2.18. The maximum Gasteiger partial charge on any atom is 0.374 e. The molecule has 0 saturated carbocycles. The quantitative estimate of drug-likeness (QED) is 0.695. The Morgan fingerprint density at radius 3 is 2.86 bits per heavy atom. The Morgan fingerprint density at radius 1 is 1.57 bits per heavy atom. The van der Waals surface area contributed by atoms with Gasteiger partial charge in [0.2, 0.25) is 5.76 Å². The summed E-state index contributed by atoms with van der Waals surface area (Å²) in [5.74, 6) is 0.735. The summed E-state index contributed by atoms with van der Waals surface area (Å²) >= 11 is 0. The summed E-state index contributed by atoms with van der Waals surface area (Å²) in [4.78, 5) is 11.3. The van der Waals surface area contributed by atoms with Crippen molar-refractivity contribution >= 4 is 5.97 Å². The van der Waals surface area contributed by atoms with Crippen LogP contribution in [0.25, 0.3) is 0 Å². The van der Waals surface area contributed by atoms with Gasteiger partial charge in [-0.05, 0) is 25.8 Å². The molecular formula is C11H16O3. The van der Waals surface area contributed by atoms with Crippen LogP contribution in [0.2, 0.25) is 0 Å². The lowest BCUT2D eigenvalue weighted by atomic mass is 10.1. The van der Waals surface area contributed by atoms with Crippen LogP contribution >= 0.6 is 0 Å². The van der Waals surface area contributed by atoms with E-state index >= 15 is 0 Å². The molecule has 0 N–H and O–H groups in total. The van der Waals surface area contributed by atoms with E-state index < -0.39 is 0 Å². The van der Waals surface area contributed by atoms with Crippen LogP contribution in [0.1, 0.15) is 41.6 Å². The van der Waals surface area contributed by atoms with Crippen LogP contribution in [0.5, 0.6) is 0 Å². The predicted octanol–water partition coefficient (Wildman–Crippen LogP) is 2.72. The molecule has 0 saturated heterocycles. The molecule has 0 aliphatic carbocycles. The Hall–Kier alpha value is -1.25. The van der Waals surface area contributed by atoms with Crippen LogP contribution < -0.4 is 0 Å². The van der Waals surface area contributed by atoms with Crippen molar-refractivity contribution in [2.24, 2.45) is 0 Å². The molecule has 78 valence electrons. The minimum atomic E-state index is -0.385. The first-order valence-corrected chi connectivity index (χ1v) is 4.86. The molecule has 14 heavy (non-hydrogen) atoms.